The molecule has 3 aliphatic rings. The van der Waals surface area contributed by atoms with Crippen molar-refractivity contribution < 1.29 is 4.79 Å². The third kappa shape index (κ3) is 4.32. The van der Waals surface area contributed by atoms with Crippen LogP contribution < -0.4 is 16.2 Å². The number of rotatable bonds is 4. The van der Waals surface area contributed by atoms with Crippen LogP contribution >= 0.6 is 11.8 Å². The molecular weight excluding hydrogens is 432 g/mol. The number of hydrazone groups is 1. The van der Waals surface area contributed by atoms with E-state index < -0.39 is 0 Å². The van der Waals surface area contributed by atoms with Crippen LogP contribution in [-0.2, 0) is 4.79 Å². The van der Waals surface area contributed by atoms with Crippen LogP contribution in [0.15, 0.2) is 53.9 Å². The summed E-state index contributed by atoms with van der Waals surface area (Å²) in [6, 6.07) is 13.2. The van der Waals surface area contributed by atoms with Gasteiger partial charge in [-0.05, 0) is 62.4 Å². The molecule has 3 unspecified atom stereocenters. The minimum atomic E-state index is -0.0296. The maximum Gasteiger partial charge on any atom is 0.234 e. The fraction of sp³-hybridized carbons (Fsp3) is 0.360. The molecule has 3 heterocycles. The monoisotopic (exact) mass is 462 g/mol. The van der Waals surface area contributed by atoms with E-state index in [1.807, 2.05) is 32.2 Å². The van der Waals surface area contributed by atoms with Gasteiger partial charge in [0.25, 0.3) is 0 Å². The minimum Gasteiger partial charge on any atom is -0.325 e. The first-order chi connectivity index (χ1) is 15.9. The van der Waals surface area contributed by atoms with E-state index in [1.165, 1.54) is 34.0 Å². The van der Waals surface area contributed by atoms with E-state index in [1.54, 1.807) is 0 Å². The van der Waals surface area contributed by atoms with Gasteiger partial charge in [0.1, 0.15) is 6.17 Å². The molecule has 0 bridgehead atoms. The summed E-state index contributed by atoms with van der Waals surface area (Å²) < 4.78 is 0. The predicted molar refractivity (Wildman–Crippen MR) is 134 cm³/mol. The van der Waals surface area contributed by atoms with Crippen LogP contribution in [0, 0.1) is 27.7 Å². The van der Waals surface area contributed by atoms with Crippen LogP contribution in [0.3, 0.4) is 0 Å². The van der Waals surface area contributed by atoms with Gasteiger partial charge in [0.05, 0.1) is 17.8 Å². The number of aryl methyl sites for hydroxylation is 4. The topological polar surface area (TPSA) is 72.0 Å². The summed E-state index contributed by atoms with van der Waals surface area (Å²) in [6.07, 6.45) is 5.12. The summed E-state index contributed by atoms with van der Waals surface area (Å²) in [5.41, 5.74) is 14.0. The van der Waals surface area contributed by atoms with Gasteiger partial charge in [-0.2, -0.15) is 5.10 Å². The zero-order valence-corrected chi connectivity index (χ0v) is 20.2. The van der Waals surface area contributed by atoms with E-state index in [-0.39, 0.29) is 24.2 Å². The van der Waals surface area contributed by atoms with Gasteiger partial charge in [0.15, 0.2) is 5.17 Å². The maximum absolute atomic E-state index is 12.5. The highest BCUT2D eigenvalue weighted by Gasteiger charge is 2.44. The van der Waals surface area contributed by atoms with Crippen LogP contribution in [0.25, 0.3) is 0 Å². The molecule has 7 nitrogen and oxygen atoms in total. The van der Waals surface area contributed by atoms with Crippen molar-refractivity contribution in [2.45, 2.75) is 52.4 Å². The second-order valence-corrected chi connectivity index (χ2v) is 10.0. The molecule has 8 heteroatoms. The van der Waals surface area contributed by atoms with Crippen molar-refractivity contribution in [1.29, 1.82) is 0 Å². The molecule has 2 aromatic rings. The molecule has 172 valence electrons. The second kappa shape index (κ2) is 8.76. The molecule has 3 atom stereocenters. The molecule has 3 aliphatic heterocycles. The SMILES string of the molecule is Cc1ccc(NC(=O)CSC2=NNC3C4CC(c5ccc(C)c(C)c5)NN4C=CN23)c(C)c1. The first kappa shape index (κ1) is 21.9. The van der Waals surface area contributed by atoms with Gasteiger partial charge >= 0.3 is 0 Å². The minimum absolute atomic E-state index is 0.0296. The van der Waals surface area contributed by atoms with Crippen molar-refractivity contribution in [2.24, 2.45) is 5.10 Å². The third-order valence-electron chi connectivity index (χ3n) is 6.63. The summed E-state index contributed by atoms with van der Waals surface area (Å²) in [5.74, 6) is 0.279. The van der Waals surface area contributed by atoms with E-state index in [0.29, 0.717) is 5.75 Å². The molecule has 0 saturated carbocycles. The predicted octanol–water partition coefficient (Wildman–Crippen LogP) is 3.90. The Kier molecular flexibility index (Phi) is 5.80. The number of carbonyl (C=O) groups excluding carboxylic acids is 1. The number of amides is 1. The van der Waals surface area contributed by atoms with Crippen molar-refractivity contribution in [2.75, 3.05) is 11.1 Å². The smallest absolute Gasteiger partial charge is 0.234 e. The van der Waals surface area contributed by atoms with E-state index in [0.717, 1.165) is 22.8 Å². The number of hydrogen-bond donors (Lipinski definition) is 3. The van der Waals surface area contributed by atoms with E-state index in [2.05, 4.69) is 75.5 Å². The molecule has 1 saturated heterocycles. The number of nitrogens with zero attached hydrogens (tertiary/aromatic N) is 3. The number of hydrazine groups is 1. The van der Waals surface area contributed by atoms with E-state index >= 15 is 0 Å². The highest BCUT2D eigenvalue weighted by atomic mass is 32.2. The Morgan fingerprint density at radius 3 is 2.73 bits per heavy atom. The number of fused-ring (bicyclic) bond motifs is 3. The molecule has 5 rings (SSSR count). The molecule has 0 aliphatic carbocycles. The lowest BCUT2D eigenvalue weighted by atomic mass is 9.97. The number of nitrogens with one attached hydrogen (secondary N) is 3. The van der Waals surface area contributed by atoms with Gasteiger partial charge in [-0.25, -0.2) is 5.43 Å². The van der Waals surface area contributed by atoms with Gasteiger partial charge < -0.3 is 15.2 Å². The van der Waals surface area contributed by atoms with Crippen LogP contribution in [0.4, 0.5) is 5.69 Å². The Balaban J connectivity index is 1.19. The van der Waals surface area contributed by atoms with Gasteiger partial charge in [-0.3, -0.25) is 10.2 Å². The number of carbonyl (C=O) groups is 1. The normalized spacial score (nSPS) is 23.2. The zero-order chi connectivity index (χ0) is 23.1. The lowest BCUT2D eigenvalue weighted by molar-refractivity contribution is -0.113. The summed E-state index contributed by atoms with van der Waals surface area (Å²) in [5, 5.41) is 10.6. The van der Waals surface area contributed by atoms with E-state index in [4.69, 9.17) is 0 Å². The number of benzene rings is 2. The summed E-state index contributed by atoms with van der Waals surface area (Å²) in [7, 11) is 0. The Morgan fingerprint density at radius 2 is 1.94 bits per heavy atom. The maximum atomic E-state index is 12.5. The summed E-state index contributed by atoms with van der Waals surface area (Å²) >= 11 is 1.45. The fourth-order valence-electron chi connectivity index (χ4n) is 4.62. The number of anilines is 1. The molecule has 1 fully saturated rings. The van der Waals surface area contributed by atoms with Crippen molar-refractivity contribution in [3.05, 3.63) is 76.6 Å². The molecule has 0 spiro atoms. The van der Waals surface area contributed by atoms with Crippen LogP contribution in [0.2, 0.25) is 0 Å². The Labute approximate surface area is 199 Å². The molecule has 0 aromatic heterocycles. The van der Waals surface area contributed by atoms with Gasteiger partial charge in [-0.15, -0.1) is 0 Å². The quantitative estimate of drug-likeness (QED) is 0.640. The highest BCUT2D eigenvalue weighted by molar-refractivity contribution is 8.14. The fourth-order valence-corrected chi connectivity index (χ4v) is 5.39. The summed E-state index contributed by atoms with van der Waals surface area (Å²) in [6.45, 7) is 8.37. The third-order valence-corrected chi connectivity index (χ3v) is 7.59. The number of thioether (sulfide) groups is 1. The van der Waals surface area contributed by atoms with E-state index in [9.17, 15) is 4.79 Å². The first-order valence-corrected chi connectivity index (χ1v) is 12.3. The molecule has 33 heavy (non-hydrogen) atoms. The van der Waals surface area contributed by atoms with Crippen molar-refractivity contribution in [3.8, 4) is 0 Å². The zero-order valence-electron chi connectivity index (χ0n) is 19.4. The second-order valence-electron chi connectivity index (χ2n) is 9.06. The average Bonchev–Trinajstić information content (AvgIpc) is 3.40. The molecule has 2 aromatic carbocycles. The number of hydrogen-bond acceptors (Lipinski definition) is 7. The van der Waals surface area contributed by atoms with Crippen molar-refractivity contribution in [1.82, 2.24) is 20.8 Å². The lowest BCUT2D eigenvalue weighted by Crippen LogP contribution is -2.54. The first-order valence-electron chi connectivity index (χ1n) is 11.3. The summed E-state index contributed by atoms with van der Waals surface area (Å²) in [4.78, 5) is 14.7. The van der Waals surface area contributed by atoms with Crippen LogP contribution in [-0.4, -0.2) is 38.9 Å². The van der Waals surface area contributed by atoms with Gasteiger partial charge in [0, 0.05) is 18.1 Å². The van der Waals surface area contributed by atoms with Crippen LogP contribution in [0.5, 0.6) is 0 Å². The Hall–Kier alpha value is -2.97. The Bertz CT molecular complexity index is 1150. The van der Waals surface area contributed by atoms with Crippen molar-refractivity contribution >= 4 is 28.5 Å². The molecule has 3 N–H and O–H groups in total. The van der Waals surface area contributed by atoms with Crippen molar-refractivity contribution in [3.63, 3.8) is 0 Å². The highest BCUT2D eigenvalue weighted by Crippen LogP contribution is 2.35. The van der Waals surface area contributed by atoms with Gasteiger partial charge in [0.2, 0.25) is 5.91 Å². The molecular formula is C25H30N6OS. The van der Waals surface area contributed by atoms with Gasteiger partial charge in [-0.1, -0.05) is 47.7 Å². The Morgan fingerprint density at radius 1 is 1.09 bits per heavy atom. The largest absolute Gasteiger partial charge is 0.325 e. The average molecular weight is 463 g/mol. The number of amidine groups is 1. The standard InChI is InChI=1S/C25H30N6OS/c1-15-5-8-20(18(4)11-15)26-23(32)14-33-25-28-27-24-22-13-21(29-31(22)10-9-30(24)25)19-7-6-16(2)17(3)12-19/h5-12,21-22,24,27,29H,13-14H2,1-4H3,(H,26,32). The molecule has 1 amide bonds. The lowest BCUT2D eigenvalue weighted by Gasteiger charge is -2.36. The molecule has 0 radical (unpaired) electrons. The van der Waals surface area contributed by atoms with Crippen LogP contribution in [0.1, 0.15) is 40.3 Å².